The Balaban J connectivity index is 1.46. The van der Waals surface area contributed by atoms with Gasteiger partial charge in [0.25, 0.3) is 0 Å². The molecule has 2 aliphatic rings. The fraction of sp³-hybridized carbons (Fsp3) is 0.300. The Morgan fingerprint density at radius 3 is 1.28 bits per heavy atom. The van der Waals surface area contributed by atoms with Gasteiger partial charge >= 0.3 is 272 Å². The van der Waals surface area contributed by atoms with E-state index in [1.54, 1.807) is 0 Å². The number of allylic oxidation sites excluding steroid dienone is 2. The first-order valence-corrected chi connectivity index (χ1v) is 25.3. The van der Waals surface area contributed by atoms with Gasteiger partial charge in [-0.2, -0.15) is 0 Å². The second-order valence-corrected chi connectivity index (χ2v) is 26.9. The predicted molar refractivity (Wildman–Crippen MR) is 185 cm³/mol. The summed E-state index contributed by atoms with van der Waals surface area (Å²) in [4.78, 5) is 0. The third-order valence-corrected chi connectivity index (χ3v) is 21.8. The van der Waals surface area contributed by atoms with E-state index >= 15 is 0 Å². The van der Waals surface area contributed by atoms with Crippen molar-refractivity contribution in [3.05, 3.63) is 129 Å². The minimum absolute atomic E-state index is 0.131. The maximum atomic E-state index is 8.03. The molecule has 0 aromatic heterocycles. The molecule has 2 unspecified atom stereocenters. The summed E-state index contributed by atoms with van der Waals surface area (Å²) in [6, 6.07) is 31.7. The van der Waals surface area contributed by atoms with E-state index in [0.29, 0.717) is 0 Å². The summed E-state index contributed by atoms with van der Waals surface area (Å²) in [5.74, 6) is 0. The molecule has 0 heterocycles. The molecule has 0 amide bonds. The topological polar surface area (TPSA) is 0 Å². The van der Waals surface area contributed by atoms with Gasteiger partial charge < -0.3 is 0 Å². The molecule has 0 aliphatic heterocycles. The van der Waals surface area contributed by atoms with Crippen LogP contribution in [0.4, 0.5) is 0 Å². The fourth-order valence-electron chi connectivity index (χ4n) is 7.36. The van der Waals surface area contributed by atoms with Crippen LogP contribution in [0.2, 0.25) is 0 Å². The van der Waals surface area contributed by atoms with Gasteiger partial charge in [-0.25, -0.2) is 0 Å². The van der Waals surface area contributed by atoms with Crippen molar-refractivity contribution in [1.82, 2.24) is 0 Å². The number of hydrogen-bond donors (Lipinski definition) is 0. The monoisotopic (exact) mass is 682 g/mol. The van der Waals surface area contributed by atoms with Gasteiger partial charge in [-0.3, -0.25) is 0 Å². The van der Waals surface area contributed by atoms with Crippen LogP contribution in [0.5, 0.6) is 0 Å². The normalized spacial score (nSPS) is 17.4. The van der Waals surface area contributed by atoms with Crippen LogP contribution in [0.15, 0.2) is 96.1 Å². The number of benzene rings is 4. The molecule has 0 nitrogen and oxygen atoms in total. The minimum atomic E-state index is -4.02. The standard InChI is InChI=1S/2C20H21.2ClH.Zr/c2*1-3-6-16-13-18-7-5-8-19(20(18)14-16)17-11-9-15(4-2)10-12-17;;;/h2*5,7-14H,3-4,6H2,1-2H3;2*1H;/q;;;;+2/p-2. The first-order chi connectivity index (χ1) is 20.9. The Morgan fingerprint density at radius 1 is 0.535 bits per heavy atom. The second-order valence-electron chi connectivity index (χ2n) is 12.2. The molecule has 0 radical (unpaired) electrons. The maximum absolute atomic E-state index is 8.03. The molecule has 4 aromatic carbocycles. The van der Waals surface area contributed by atoms with Crippen LogP contribution in [-0.4, -0.2) is 0 Å². The van der Waals surface area contributed by atoms with Gasteiger partial charge in [0.15, 0.2) is 0 Å². The Hall–Kier alpha value is -2.18. The van der Waals surface area contributed by atoms with Crippen LogP contribution in [-0.2, 0) is 30.7 Å². The third-order valence-electron chi connectivity index (χ3n) is 9.50. The van der Waals surface area contributed by atoms with Crippen molar-refractivity contribution in [2.45, 2.75) is 73.5 Å². The number of aryl methyl sites for hydroxylation is 2. The number of halogens is 2. The van der Waals surface area contributed by atoms with Crippen molar-refractivity contribution in [2.24, 2.45) is 0 Å². The molecule has 4 aromatic rings. The van der Waals surface area contributed by atoms with Crippen molar-refractivity contribution < 1.29 is 17.9 Å². The molecular formula is C40H42Cl2Zr. The molecule has 43 heavy (non-hydrogen) atoms. The number of hydrogen-bond acceptors (Lipinski definition) is 0. The first-order valence-electron chi connectivity index (χ1n) is 16.1. The van der Waals surface area contributed by atoms with E-state index in [1.807, 2.05) is 0 Å². The number of rotatable bonds is 10. The fourth-order valence-corrected chi connectivity index (χ4v) is 21.1. The van der Waals surface area contributed by atoms with Gasteiger partial charge in [0.1, 0.15) is 0 Å². The Morgan fingerprint density at radius 2 is 0.930 bits per heavy atom. The summed E-state index contributed by atoms with van der Waals surface area (Å²) in [7, 11) is 16.1. The zero-order chi connectivity index (χ0) is 30.1. The van der Waals surface area contributed by atoms with Crippen LogP contribution in [0.3, 0.4) is 0 Å². The van der Waals surface area contributed by atoms with Crippen molar-refractivity contribution in [3.8, 4) is 22.3 Å². The van der Waals surface area contributed by atoms with E-state index in [1.165, 1.54) is 66.8 Å². The Kier molecular flexibility index (Phi) is 9.36. The average Bonchev–Trinajstić information content (AvgIpc) is 3.60. The summed E-state index contributed by atoms with van der Waals surface area (Å²) >= 11 is -4.02. The summed E-state index contributed by atoms with van der Waals surface area (Å²) in [6.07, 6.45) is 11.2. The van der Waals surface area contributed by atoms with E-state index in [9.17, 15) is 0 Å². The molecule has 0 bridgehead atoms. The van der Waals surface area contributed by atoms with Gasteiger partial charge in [0, 0.05) is 0 Å². The van der Waals surface area contributed by atoms with Gasteiger partial charge in [0.2, 0.25) is 0 Å². The molecular weight excluding hydrogens is 643 g/mol. The van der Waals surface area contributed by atoms with E-state index in [0.717, 1.165) is 38.5 Å². The molecule has 0 N–H and O–H groups in total. The van der Waals surface area contributed by atoms with Crippen molar-refractivity contribution >= 4 is 29.2 Å². The molecule has 2 atom stereocenters. The summed E-state index contributed by atoms with van der Waals surface area (Å²) in [6.45, 7) is 8.96. The zero-order valence-electron chi connectivity index (χ0n) is 25.9. The van der Waals surface area contributed by atoms with Crippen LogP contribution in [0, 0.1) is 0 Å². The van der Waals surface area contributed by atoms with Gasteiger partial charge in [-0.15, -0.1) is 0 Å². The molecule has 6 rings (SSSR count). The van der Waals surface area contributed by atoms with E-state index in [4.69, 9.17) is 17.0 Å². The molecule has 0 saturated heterocycles. The van der Waals surface area contributed by atoms with Crippen LogP contribution in [0.25, 0.3) is 34.4 Å². The summed E-state index contributed by atoms with van der Waals surface area (Å²) < 4.78 is 0.261. The number of fused-ring (bicyclic) bond motifs is 2. The van der Waals surface area contributed by atoms with Crippen molar-refractivity contribution in [2.75, 3.05) is 0 Å². The van der Waals surface area contributed by atoms with Gasteiger partial charge in [0.05, 0.1) is 0 Å². The molecule has 0 saturated carbocycles. The molecule has 3 heteroatoms. The average molecular weight is 685 g/mol. The van der Waals surface area contributed by atoms with E-state index < -0.39 is 17.9 Å². The SMILES string of the molecule is CCCC1=Cc2c(-c3ccc(CC)cc3)cccc2[CH]1[Zr]([Cl])([Cl])[CH]1C(CCC)=Cc2c(-c3ccc(CC)cc3)cccc21. The Bertz CT molecular complexity index is 1550. The molecule has 0 fully saturated rings. The van der Waals surface area contributed by atoms with Crippen LogP contribution < -0.4 is 0 Å². The summed E-state index contributed by atoms with van der Waals surface area (Å²) in [5, 5.41) is 0. The quantitative estimate of drug-likeness (QED) is 0.156. The van der Waals surface area contributed by atoms with Crippen molar-refractivity contribution in [1.29, 1.82) is 0 Å². The molecule has 2 aliphatic carbocycles. The molecule has 220 valence electrons. The Labute approximate surface area is 270 Å². The summed E-state index contributed by atoms with van der Waals surface area (Å²) in [5.41, 5.74) is 16.1. The second kappa shape index (κ2) is 13.0. The van der Waals surface area contributed by atoms with E-state index in [2.05, 4.69) is 125 Å². The van der Waals surface area contributed by atoms with Crippen LogP contribution >= 0.6 is 17.0 Å². The van der Waals surface area contributed by atoms with Crippen LogP contribution in [0.1, 0.15) is 94.0 Å². The predicted octanol–water partition coefficient (Wildman–Crippen LogP) is 12.8. The molecule has 0 spiro atoms. The first kappa shape index (κ1) is 30.8. The van der Waals surface area contributed by atoms with E-state index in [-0.39, 0.29) is 7.25 Å². The van der Waals surface area contributed by atoms with Gasteiger partial charge in [-0.05, 0) is 0 Å². The van der Waals surface area contributed by atoms with Crippen molar-refractivity contribution in [3.63, 3.8) is 0 Å². The third kappa shape index (κ3) is 5.72. The van der Waals surface area contributed by atoms with Gasteiger partial charge in [-0.1, -0.05) is 0 Å². The zero-order valence-corrected chi connectivity index (χ0v) is 29.9.